The lowest BCUT2D eigenvalue weighted by Gasteiger charge is -2.24. The number of rotatable bonds is 2. The van der Waals surface area contributed by atoms with Crippen molar-refractivity contribution in [2.75, 3.05) is 0 Å². The molecule has 1 aliphatic rings. The van der Waals surface area contributed by atoms with Crippen LogP contribution in [0.1, 0.15) is 30.5 Å². The van der Waals surface area contributed by atoms with Crippen LogP contribution in [0.3, 0.4) is 0 Å². The van der Waals surface area contributed by atoms with Gasteiger partial charge < -0.3 is 0 Å². The van der Waals surface area contributed by atoms with E-state index in [0.29, 0.717) is 6.42 Å². The van der Waals surface area contributed by atoms with Crippen LogP contribution in [0.4, 0.5) is 0 Å². The van der Waals surface area contributed by atoms with Crippen LogP contribution in [0, 0.1) is 0 Å². The average molecular weight is 364 g/mol. The Morgan fingerprint density at radius 2 is 1.43 bits per heavy atom. The Morgan fingerprint density at radius 1 is 0.857 bits per heavy atom. The molecule has 1 heterocycles. The average Bonchev–Trinajstić information content (AvgIpc) is 3.18. The van der Waals surface area contributed by atoms with Gasteiger partial charge in [-0.1, -0.05) is 78.9 Å². The second kappa shape index (κ2) is 6.61. The molecular weight excluding hydrogens is 344 g/mol. The van der Waals surface area contributed by atoms with E-state index in [1.807, 2.05) is 18.2 Å². The van der Waals surface area contributed by atoms with E-state index < -0.39 is 0 Å². The van der Waals surface area contributed by atoms with Gasteiger partial charge in [-0.25, -0.2) is 5.01 Å². The zero-order valence-corrected chi connectivity index (χ0v) is 15.7. The lowest BCUT2D eigenvalue weighted by atomic mass is 9.89. The molecule has 0 fully saturated rings. The van der Waals surface area contributed by atoms with Crippen molar-refractivity contribution in [2.24, 2.45) is 5.10 Å². The van der Waals surface area contributed by atoms with E-state index in [4.69, 9.17) is 5.10 Å². The van der Waals surface area contributed by atoms with Gasteiger partial charge in [0, 0.05) is 13.3 Å². The fourth-order valence-corrected chi connectivity index (χ4v) is 4.24. The number of amides is 1. The van der Waals surface area contributed by atoms with E-state index in [1.165, 1.54) is 27.1 Å². The zero-order valence-electron chi connectivity index (χ0n) is 15.7. The summed E-state index contributed by atoms with van der Waals surface area (Å²) < 4.78 is 0. The summed E-state index contributed by atoms with van der Waals surface area (Å²) >= 11 is 0. The topological polar surface area (TPSA) is 32.7 Å². The molecule has 0 radical (unpaired) electrons. The zero-order chi connectivity index (χ0) is 19.1. The number of nitrogens with zero attached hydrogens (tertiary/aromatic N) is 2. The molecule has 1 unspecified atom stereocenters. The minimum atomic E-state index is -0.108. The number of carbonyl (C=O) groups is 1. The smallest absolute Gasteiger partial charge is 0.240 e. The summed E-state index contributed by atoms with van der Waals surface area (Å²) in [5, 5.41) is 11.1. The molecule has 1 aliphatic heterocycles. The maximum absolute atomic E-state index is 12.5. The minimum absolute atomic E-state index is 0.0343. The normalized spacial score (nSPS) is 16.5. The lowest BCUT2D eigenvalue weighted by molar-refractivity contribution is -0.130. The fraction of sp³-hybridized carbons (Fsp3) is 0.120. The Morgan fingerprint density at radius 3 is 2.04 bits per heavy atom. The highest BCUT2D eigenvalue weighted by atomic mass is 16.2. The second-order valence-corrected chi connectivity index (χ2v) is 7.23. The quantitative estimate of drug-likeness (QED) is 0.421. The molecule has 1 amide bonds. The predicted octanol–water partition coefficient (Wildman–Crippen LogP) is 5.69. The molecule has 28 heavy (non-hydrogen) atoms. The van der Waals surface area contributed by atoms with Gasteiger partial charge in [-0.15, -0.1) is 0 Å². The van der Waals surface area contributed by atoms with E-state index in [2.05, 4.69) is 66.7 Å². The molecule has 136 valence electrons. The third-order valence-corrected chi connectivity index (χ3v) is 5.49. The van der Waals surface area contributed by atoms with Gasteiger partial charge in [0.1, 0.15) is 0 Å². The summed E-state index contributed by atoms with van der Waals surface area (Å²) in [6.45, 7) is 1.59. The molecule has 0 saturated carbocycles. The van der Waals surface area contributed by atoms with Crippen molar-refractivity contribution in [1.82, 2.24) is 5.01 Å². The van der Waals surface area contributed by atoms with Crippen molar-refractivity contribution in [3.8, 4) is 0 Å². The highest BCUT2D eigenvalue weighted by Crippen LogP contribution is 2.40. The van der Waals surface area contributed by atoms with Crippen LogP contribution in [-0.2, 0) is 4.79 Å². The summed E-state index contributed by atoms with van der Waals surface area (Å²) in [7, 11) is 0. The monoisotopic (exact) mass is 364 g/mol. The van der Waals surface area contributed by atoms with E-state index in [9.17, 15) is 4.79 Å². The first-order valence-electron chi connectivity index (χ1n) is 9.55. The molecule has 3 heteroatoms. The number of hydrogen-bond acceptors (Lipinski definition) is 2. The first-order valence-corrected chi connectivity index (χ1v) is 9.55. The van der Waals surface area contributed by atoms with Gasteiger partial charge in [0.15, 0.2) is 0 Å². The van der Waals surface area contributed by atoms with Crippen molar-refractivity contribution in [3.63, 3.8) is 0 Å². The summed E-state index contributed by atoms with van der Waals surface area (Å²) in [6, 6.07) is 29.1. The Balaban J connectivity index is 1.73. The maximum Gasteiger partial charge on any atom is 0.240 e. The first-order chi connectivity index (χ1) is 13.7. The highest BCUT2D eigenvalue weighted by molar-refractivity contribution is 6.06. The molecule has 1 atom stereocenters. The van der Waals surface area contributed by atoms with Gasteiger partial charge in [-0.2, -0.15) is 5.10 Å². The molecule has 0 spiro atoms. The molecule has 0 bridgehead atoms. The Labute approximate surface area is 163 Å². The van der Waals surface area contributed by atoms with Crippen LogP contribution in [0.2, 0.25) is 0 Å². The summed E-state index contributed by atoms with van der Waals surface area (Å²) in [5.74, 6) is -0.0343. The number of carbonyl (C=O) groups excluding carboxylic acids is 1. The van der Waals surface area contributed by atoms with Crippen molar-refractivity contribution in [1.29, 1.82) is 0 Å². The van der Waals surface area contributed by atoms with E-state index in [-0.39, 0.29) is 11.9 Å². The number of hydrazone groups is 1. The van der Waals surface area contributed by atoms with Crippen LogP contribution in [0.25, 0.3) is 21.5 Å². The molecular formula is C25H20N2O. The molecule has 3 nitrogen and oxygen atoms in total. The number of hydrogen-bond donors (Lipinski definition) is 0. The van der Waals surface area contributed by atoms with Crippen molar-refractivity contribution < 1.29 is 4.79 Å². The molecule has 5 rings (SSSR count). The standard InChI is InChI=1S/C25H20N2O/c1-17(28)27-24(16-23(26-27)18-9-3-2-4-10-18)25-21-13-7-5-11-19(21)15-20-12-6-8-14-22(20)25/h2-15,24H,16H2,1H3. The van der Waals surface area contributed by atoms with Crippen LogP contribution in [-0.4, -0.2) is 16.6 Å². The molecule has 4 aromatic rings. The van der Waals surface area contributed by atoms with Gasteiger partial charge >= 0.3 is 0 Å². The van der Waals surface area contributed by atoms with Gasteiger partial charge in [0.25, 0.3) is 0 Å². The predicted molar refractivity (Wildman–Crippen MR) is 114 cm³/mol. The van der Waals surface area contributed by atoms with Gasteiger partial charge in [0.05, 0.1) is 11.8 Å². The molecule has 4 aromatic carbocycles. The summed E-state index contributed by atoms with van der Waals surface area (Å²) in [4.78, 5) is 12.5. The summed E-state index contributed by atoms with van der Waals surface area (Å²) in [6.07, 6.45) is 0.710. The Bertz CT molecular complexity index is 1170. The van der Waals surface area contributed by atoms with Crippen LogP contribution in [0.5, 0.6) is 0 Å². The lowest BCUT2D eigenvalue weighted by Crippen LogP contribution is -2.24. The van der Waals surface area contributed by atoms with Crippen LogP contribution < -0.4 is 0 Å². The first kappa shape index (κ1) is 16.7. The van der Waals surface area contributed by atoms with Crippen molar-refractivity contribution in [2.45, 2.75) is 19.4 Å². The maximum atomic E-state index is 12.5. The number of benzene rings is 4. The van der Waals surface area contributed by atoms with Crippen LogP contribution >= 0.6 is 0 Å². The van der Waals surface area contributed by atoms with E-state index in [1.54, 1.807) is 11.9 Å². The Kier molecular flexibility index (Phi) is 3.94. The second-order valence-electron chi connectivity index (χ2n) is 7.23. The number of fused-ring (bicyclic) bond motifs is 2. The fourth-order valence-electron chi connectivity index (χ4n) is 4.24. The van der Waals surface area contributed by atoms with Gasteiger partial charge in [-0.3, -0.25) is 4.79 Å². The third kappa shape index (κ3) is 2.67. The molecule has 0 aromatic heterocycles. The molecule has 0 saturated heterocycles. The van der Waals surface area contributed by atoms with Gasteiger partial charge in [-0.05, 0) is 38.7 Å². The van der Waals surface area contributed by atoms with E-state index >= 15 is 0 Å². The highest BCUT2D eigenvalue weighted by Gasteiger charge is 2.33. The molecule has 0 N–H and O–H groups in total. The molecule has 0 aliphatic carbocycles. The summed E-state index contributed by atoms with van der Waals surface area (Å²) in [5.41, 5.74) is 3.21. The van der Waals surface area contributed by atoms with Crippen molar-refractivity contribution >= 4 is 33.2 Å². The SMILES string of the molecule is CC(=O)N1N=C(c2ccccc2)CC1c1c2ccccc2cc2ccccc12. The third-order valence-electron chi connectivity index (χ3n) is 5.49. The minimum Gasteiger partial charge on any atom is -0.273 e. The van der Waals surface area contributed by atoms with Gasteiger partial charge in [0.2, 0.25) is 5.91 Å². The largest absolute Gasteiger partial charge is 0.273 e. The van der Waals surface area contributed by atoms with Crippen LogP contribution in [0.15, 0.2) is 90.0 Å². The van der Waals surface area contributed by atoms with Crippen molar-refractivity contribution in [3.05, 3.63) is 96.1 Å². The Hall–Kier alpha value is -3.46. The van der Waals surface area contributed by atoms with E-state index in [0.717, 1.165) is 11.3 Å².